The lowest BCUT2D eigenvalue weighted by Gasteiger charge is -2.23. The summed E-state index contributed by atoms with van der Waals surface area (Å²) in [5.41, 5.74) is 5.83. The number of halogens is 1. The smallest absolute Gasteiger partial charge is 0.229 e. The zero-order valence-corrected chi connectivity index (χ0v) is 18.1. The Morgan fingerprint density at radius 3 is 2.97 bits per heavy atom. The van der Waals surface area contributed by atoms with Crippen LogP contribution in [0.25, 0.3) is 22.0 Å². The van der Waals surface area contributed by atoms with Crippen LogP contribution in [-0.4, -0.2) is 28.5 Å². The largest absolute Gasteiger partial charge is 0.485 e. The number of nitrogens with one attached hydrogen (secondary N) is 2. The molecule has 2 unspecified atom stereocenters. The van der Waals surface area contributed by atoms with Crippen LogP contribution in [0.3, 0.4) is 0 Å². The number of nitrogens with zero attached hydrogens (tertiary/aromatic N) is 1. The van der Waals surface area contributed by atoms with Gasteiger partial charge >= 0.3 is 0 Å². The summed E-state index contributed by atoms with van der Waals surface area (Å²) in [4.78, 5) is 20.7. The second-order valence-corrected chi connectivity index (χ2v) is 8.88. The molecular weight excluding hydrogens is 417 g/mol. The Morgan fingerprint density at radius 2 is 2.09 bits per heavy atom. The summed E-state index contributed by atoms with van der Waals surface area (Å²) in [7, 11) is 0. The van der Waals surface area contributed by atoms with E-state index in [2.05, 4.69) is 27.4 Å². The van der Waals surface area contributed by atoms with Crippen LogP contribution in [0.1, 0.15) is 35.6 Å². The number of benzene rings is 2. The van der Waals surface area contributed by atoms with E-state index in [-0.39, 0.29) is 29.5 Å². The number of ether oxygens (including phenoxy) is 1. The summed E-state index contributed by atoms with van der Waals surface area (Å²) >= 11 is 0. The van der Waals surface area contributed by atoms with Crippen molar-refractivity contribution in [3.8, 4) is 16.9 Å². The van der Waals surface area contributed by atoms with Crippen molar-refractivity contribution in [3.63, 3.8) is 0 Å². The molecule has 33 heavy (non-hydrogen) atoms. The van der Waals surface area contributed by atoms with Crippen molar-refractivity contribution in [2.75, 3.05) is 6.54 Å². The van der Waals surface area contributed by atoms with Crippen LogP contribution in [0.5, 0.6) is 5.75 Å². The minimum atomic E-state index is -0.379. The summed E-state index contributed by atoms with van der Waals surface area (Å²) < 4.78 is 20.6. The van der Waals surface area contributed by atoms with Gasteiger partial charge in [-0.05, 0) is 54.7 Å². The third-order valence-electron chi connectivity index (χ3n) is 6.78. The zero-order chi connectivity index (χ0) is 22.4. The van der Waals surface area contributed by atoms with Crippen LogP contribution < -0.4 is 10.1 Å². The second-order valence-electron chi connectivity index (χ2n) is 8.88. The molecule has 2 aromatic heterocycles. The third kappa shape index (κ3) is 3.55. The van der Waals surface area contributed by atoms with Gasteiger partial charge < -0.3 is 15.0 Å². The van der Waals surface area contributed by atoms with Gasteiger partial charge in [-0.15, -0.1) is 0 Å². The molecule has 1 amide bonds. The molecule has 1 aliphatic heterocycles. The number of H-pyrrole nitrogens is 1. The van der Waals surface area contributed by atoms with Crippen molar-refractivity contribution >= 4 is 16.8 Å². The molecule has 2 N–H and O–H groups in total. The van der Waals surface area contributed by atoms with E-state index >= 15 is 0 Å². The molecule has 0 spiro atoms. The molecule has 2 aliphatic rings. The number of carbonyl (C=O) groups excluding carboxylic acids is 1. The van der Waals surface area contributed by atoms with Gasteiger partial charge in [0, 0.05) is 46.5 Å². The van der Waals surface area contributed by atoms with E-state index < -0.39 is 0 Å². The van der Waals surface area contributed by atoms with Gasteiger partial charge in [0.15, 0.2) is 11.6 Å². The molecule has 166 valence electrons. The van der Waals surface area contributed by atoms with E-state index in [9.17, 15) is 9.18 Å². The van der Waals surface area contributed by atoms with E-state index in [0.717, 1.165) is 47.2 Å². The summed E-state index contributed by atoms with van der Waals surface area (Å²) in [5, 5.41) is 4.27. The number of aryl methyl sites for hydroxylation is 1. The first kappa shape index (κ1) is 20.0. The highest BCUT2D eigenvalue weighted by Crippen LogP contribution is 2.37. The number of hydrogen-bond donors (Lipinski definition) is 2. The van der Waals surface area contributed by atoms with Gasteiger partial charge in [0.1, 0.15) is 6.10 Å². The van der Waals surface area contributed by atoms with Crippen LogP contribution in [0.2, 0.25) is 0 Å². The average molecular weight is 442 g/mol. The first-order chi connectivity index (χ1) is 16.2. The van der Waals surface area contributed by atoms with E-state index in [4.69, 9.17) is 4.74 Å². The number of carbonyl (C=O) groups is 1. The Morgan fingerprint density at radius 1 is 1.18 bits per heavy atom. The SMILES string of the molecule is O=C(NCC1Cc2cc(-c3cccnc3)cc(F)c2O1)C1CCCc2c1[nH]c1ccccc21. The summed E-state index contributed by atoms with van der Waals surface area (Å²) in [6.45, 7) is 0.348. The van der Waals surface area contributed by atoms with Crippen molar-refractivity contribution in [3.05, 3.63) is 83.6 Å². The fourth-order valence-corrected chi connectivity index (χ4v) is 5.22. The number of fused-ring (bicyclic) bond motifs is 4. The number of amides is 1. The average Bonchev–Trinajstić information content (AvgIpc) is 3.44. The fourth-order valence-electron chi connectivity index (χ4n) is 5.22. The first-order valence-electron chi connectivity index (χ1n) is 11.4. The normalized spacial score (nSPS) is 19.1. The molecule has 0 saturated heterocycles. The van der Waals surface area contributed by atoms with Gasteiger partial charge in [0.2, 0.25) is 5.91 Å². The fraction of sp³-hybridized carbons (Fsp3) is 0.259. The van der Waals surface area contributed by atoms with Crippen LogP contribution in [0.4, 0.5) is 4.39 Å². The van der Waals surface area contributed by atoms with E-state index in [1.165, 1.54) is 17.0 Å². The highest BCUT2D eigenvalue weighted by molar-refractivity contribution is 5.90. The Labute approximate surface area is 191 Å². The first-order valence-corrected chi connectivity index (χ1v) is 11.4. The molecule has 6 rings (SSSR count). The Bertz CT molecular complexity index is 1350. The van der Waals surface area contributed by atoms with Gasteiger partial charge in [-0.2, -0.15) is 0 Å². The molecule has 0 radical (unpaired) electrons. The summed E-state index contributed by atoms with van der Waals surface area (Å²) in [5.74, 6) is -0.287. The number of aromatic nitrogens is 2. The molecule has 2 atom stereocenters. The number of rotatable bonds is 4. The molecule has 1 aliphatic carbocycles. The molecule has 2 aromatic carbocycles. The Hall–Kier alpha value is -3.67. The van der Waals surface area contributed by atoms with Crippen LogP contribution in [-0.2, 0) is 17.6 Å². The Kier molecular flexibility index (Phi) is 4.86. The quantitative estimate of drug-likeness (QED) is 0.473. The Balaban J connectivity index is 1.16. The maximum absolute atomic E-state index is 14.7. The minimum absolute atomic E-state index is 0.00131. The van der Waals surface area contributed by atoms with Crippen LogP contribution in [0.15, 0.2) is 60.9 Å². The maximum Gasteiger partial charge on any atom is 0.229 e. The van der Waals surface area contributed by atoms with E-state index in [0.29, 0.717) is 13.0 Å². The van der Waals surface area contributed by atoms with Crippen LogP contribution in [0, 0.1) is 5.82 Å². The van der Waals surface area contributed by atoms with E-state index in [1.54, 1.807) is 12.4 Å². The lowest BCUT2D eigenvalue weighted by Crippen LogP contribution is -2.38. The summed E-state index contributed by atoms with van der Waals surface area (Å²) in [6, 6.07) is 15.4. The minimum Gasteiger partial charge on any atom is -0.485 e. The topological polar surface area (TPSA) is 67.0 Å². The van der Waals surface area contributed by atoms with Crippen LogP contribution >= 0.6 is 0 Å². The number of hydrogen-bond acceptors (Lipinski definition) is 3. The molecule has 4 aromatic rings. The van der Waals surface area contributed by atoms with Crippen molar-refractivity contribution in [2.45, 2.75) is 37.7 Å². The molecule has 3 heterocycles. The maximum atomic E-state index is 14.7. The van der Waals surface area contributed by atoms with Gasteiger partial charge in [0.05, 0.1) is 12.5 Å². The van der Waals surface area contributed by atoms with Crippen molar-refractivity contribution in [1.29, 1.82) is 0 Å². The highest BCUT2D eigenvalue weighted by Gasteiger charge is 2.31. The predicted octanol–water partition coefficient (Wildman–Crippen LogP) is 4.91. The van der Waals surface area contributed by atoms with Gasteiger partial charge in [0.25, 0.3) is 0 Å². The van der Waals surface area contributed by atoms with Crippen molar-refractivity contribution < 1.29 is 13.9 Å². The summed E-state index contributed by atoms with van der Waals surface area (Å²) in [6.07, 6.45) is 6.48. The zero-order valence-electron chi connectivity index (χ0n) is 18.1. The molecular formula is C27H24FN3O2. The number of pyridine rings is 1. The van der Waals surface area contributed by atoms with Crippen molar-refractivity contribution in [2.24, 2.45) is 0 Å². The molecule has 0 fully saturated rings. The highest BCUT2D eigenvalue weighted by atomic mass is 19.1. The van der Waals surface area contributed by atoms with Gasteiger partial charge in [-0.25, -0.2) is 4.39 Å². The lowest BCUT2D eigenvalue weighted by atomic mass is 9.86. The molecule has 0 saturated carbocycles. The molecule has 0 bridgehead atoms. The third-order valence-corrected chi connectivity index (χ3v) is 6.78. The van der Waals surface area contributed by atoms with Crippen molar-refractivity contribution in [1.82, 2.24) is 15.3 Å². The van der Waals surface area contributed by atoms with Gasteiger partial charge in [-0.1, -0.05) is 24.3 Å². The second kappa shape index (κ2) is 8.03. The molecule has 6 heteroatoms. The number of aromatic amines is 1. The monoisotopic (exact) mass is 441 g/mol. The molecule has 5 nitrogen and oxygen atoms in total. The van der Waals surface area contributed by atoms with E-state index in [1.807, 2.05) is 30.3 Å². The lowest BCUT2D eigenvalue weighted by molar-refractivity contribution is -0.123. The predicted molar refractivity (Wildman–Crippen MR) is 125 cm³/mol. The van der Waals surface area contributed by atoms with Gasteiger partial charge in [-0.3, -0.25) is 9.78 Å². The number of para-hydroxylation sites is 1. The standard InChI is InChI=1S/C27H24FN3O2/c28-23-13-17(16-5-4-10-29-14-16)11-18-12-19(33-26(18)23)15-30-27(32)22-8-3-7-21-20-6-1-2-9-24(20)31-25(21)22/h1-2,4-6,9-11,13-14,19,22,31H,3,7-8,12,15H2,(H,30,32).